The van der Waals surface area contributed by atoms with Crippen molar-refractivity contribution >= 4 is 5.88 Å². The Balaban J connectivity index is 1.68. The van der Waals surface area contributed by atoms with E-state index in [-0.39, 0.29) is 0 Å². The minimum atomic E-state index is 0.643. The zero-order valence-electron chi connectivity index (χ0n) is 10.3. The standard InChI is InChI=1S/C13H21N3O/c1-2-4-11(5-3-1)12-10-13(17-15-12)16-8-6-14-7-9-16/h10-11,14H,1-9H2. The third-order valence-electron chi connectivity index (χ3n) is 3.97. The minimum absolute atomic E-state index is 0.643. The molecule has 94 valence electrons. The number of aromatic nitrogens is 1. The smallest absolute Gasteiger partial charge is 0.227 e. The minimum Gasteiger partial charge on any atom is -0.338 e. The molecular formula is C13H21N3O. The molecule has 4 nitrogen and oxygen atoms in total. The fourth-order valence-corrected chi connectivity index (χ4v) is 2.90. The molecule has 1 aliphatic heterocycles. The van der Waals surface area contributed by atoms with Crippen molar-refractivity contribution in [3.63, 3.8) is 0 Å². The highest BCUT2D eigenvalue weighted by molar-refractivity contribution is 5.37. The Labute approximate surface area is 102 Å². The highest BCUT2D eigenvalue weighted by Gasteiger charge is 2.21. The van der Waals surface area contributed by atoms with E-state index in [1.165, 1.54) is 37.8 Å². The first-order valence-corrected chi connectivity index (χ1v) is 6.86. The lowest BCUT2D eigenvalue weighted by molar-refractivity contribution is 0.375. The monoisotopic (exact) mass is 235 g/mol. The summed E-state index contributed by atoms with van der Waals surface area (Å²) in [4.78, 5) is 2.29. The van der Waals surface area contributed by atoms with Crippen LogP contribution in [0.15, 0.2) is 10.6 Å². The molecule has 1 aliphatic carbocycles. The molecule has 0 aromatic carbocycles. The van der Waals surface area contributed by atoms with Crippen molar-refractivity contribution in [2.24, 2.45) is 0 Å². The van der Waals surface area contributed by atoms with E-state index in [0.717, 1.165) is 32.1 Å². The maximum Gasteiger partial charge on any atom is 0.227 e. The van der Waals surface area contributed by atoms with Crippen LogP contribution < -0.4 is 10.2 Å². The maximum absolute atomic E-state index is 5.51. The molecule has 0 unspecified atom stereocenters. The van der Waals surface area contributed by atoms with Crippen LogP contribution in [0.25, 0.3) is 0 Å². The number of nitrogens with one attached hydrogen (secondary N) is 1. The van der Waals surface area contributed by atoms with E-state index in [1.54, 1.807) is 0 Å². The molecule has 0 atom stereocenters. The number of hydrogen-bond acceptors (Lipinski definition) is 4. The average molecular weight is 235 g/mol. The van der Waals surface area contributed by atoms with Crippen molar-refractivity contribution in [1.82, 2.24) is 10.5 Å². The molecule has 17 heavy (non-hydrogen) atoms. The number of piperazine rings is 1. The van der Waals surface area contributed by atoms with Crippen LogP contribution in [0.4, 0.5) is 5.88 Å². The van der Waals surface area contributed by atoms with E-state index < -0.39 is 0 Å². The number of anilines is 1. The summed E-state index contributed by atoms with van der Waals surface area (Å²) in [5.74, 6) is 1.61. The molecule has 0 amide bonds. The van der Waals surface area contributed by atoms with Crippen LogP contribution in [0.2, 0.25) is 0 Å². The fraction of sp³-hybridized carbons (Fsp3) is 0.769. The van der Waals surface area contributed by atoms with Crippen LogP contribution in [0, 0.1) is 0 Å². The van der Waals surface area contributed by atoms with Crippen LogP contribution in [0.3, 0.4) is 0 Å². The van der Waals surface area contributed by atoms with Crippen LogP contribution in [0.5, 0.6) is 0 Å². The van der Waals surface area contributed by atoms with E-state index >= 15 is 0 Å². The predicted octanol–water partition coefficient (Wildman–Crippen LogP) is 2.13. The summed E-state index contributed by atoms with van der Waals surface area (Å²) >= 11 is 0. The van der Waals surface area contributed by atoms with E-state index in [4.69, 9.17) is 4.52 Å². The lowest BCUT2D eigenvalue weighted by Gasteiger charge is -2.26. The molecule has 2 aliphatic rings. The third kappa shape index (κ3) is 2.46. The molecular weight excluding hydrogens is 214 g/mol. The lowest BCUT2D eigenvalue weighted by Crippen LogP contribution is -2.43. The third-order valence-corrected chi connectivity index (χ3v) is 3.97. The van der Waals surface area contributed by atoms with Gasteiger partial charge in [0, 0.05) is 38.2 Å². The molecule has 2 fully saturated rings. The van der Waals surface area contributed by atoms with Gasteiger partial charge >= 0.3 is 0 Å². The van der Waals surface area contributed by atoms with Gasteiger partial charge in [-0.25, -0.2) is 0 Å². The van der Waals surface area contributed by atoms with Crippen molar-refractivity contribution in [3.8, 4) is 0 Å². The molecule has 0 radical (unpaired) electrons. The van der Waals surface area contributed by atoms with E-state index in [9.17, 15) is 0 Å². The van der Waals surface area contributed by atoms with Gasteiger partial charge in [0.25, 0.3) is 0 Å². The summed E-state index contributed by atoms with van der Waals surface area (Å²) in [6.45, 7) is 4.14. The molecule has 1 N–H and O–H groups in total. The van der Waals surface area contributed by atoms with Gasteiger partial charge in [-0.05, 0) is 12.8 Å². The molecule has 0 spiro atoms. The highest BCUT2D eigenvalue weighted by atomic mass is 16.5. The molecule has 1 aromatic rings. The first-order chi connectivity index (χ1) is 8.43. The average Bonchev–Trinajstić information content (AvgIpc) is 2.90. The molecule has 4 heteroatoms. The van der Waals surface area contributed by atoms with Gasteiger partial charge in [0.15, 0.2) is 0 Å². The number of rotatable bonds is 2. The Morgan fingerprint density at radius 1 is 1.18 bits per heavy atom. The molecule has 1 saturated carbocycles. The largest absolute Gasteiger partial charge is 0.338 e. The van der Waals surface area contributed by atoms with E-state index in [0.29, 0.717) is 5.92 Å². The molecule has 1 saturated heterocycles. The maximum atomic E-state index is 5.51. The topological polar surface area (TPSA) is 41.3 Å². The van der Waals surface area contributed by atoms with Gasteiger partial charge in [0.2, 0.25) is 5.88 Å². The van der Waals surface area contributed by atoms with Gasteiger partial charge in [-0.1, -0.05) is 24.4 Å². The first-order valence-electron chi connectivity index (χ1n) is 6.86. The second-order valence-corrected chi connectivity index (χ2v) is 5.16. The SMILES string of the molecule is c1c(C2CCCCC2)noc1N1CCNCC1. The fourth-order valence-electron chi connectivity index (χ4n) is 2.90. The summed E-state index contributed by atoms with van der Waals surface area (Å²) in [5.41, 5.74) is 1.18. The van der Waals surface area contributed by atoms with Gasteiger partial charge in [-0.2, -0.15) is 0 Å². The lowest BCUT2D eigenvalue weighted by atomic mass is 9.87. The van der Waals surface area contributed by atoms with E-state index in [1.807, 2.05) is 0 Å². The quantitative estimate of drug-likeness (QED) is 0.852. The Morgan fingerprint density at radius 2 is 1.94 bits per heavy atom. The normalized spacial score (nSPS) is 22.9. The number of nitrogens with zero attached hydrogens (tertiary/aromatic N) is 2. The highest BCUT2D eigenvalue weighted by Crippen LogP contribution is 2.33. The Bertz CT molecular complexity index is 319. The molecule has 2 heterocycles. The van der Waals surface area contributed by atoms with Gasteiger partial charge < -0.3 is 14.7 Å². The van der Waals surface area contributed by atoms with Crippen molar-refractivity contribution in [3.05, 3.63) is 11.8 Å². The van der Waals surface area contributed by atoms with Crippen LogP contribution in [-0.4, -0.2) is 31.3 Å². The van der Waals surface area contributed by atoms with Gasteiger partial charge in [-0.15, -0.1) is 0 Å². The van der Waals surface area contributed by atoms with Crippen molar-refractivity contribution in [2.75, 3.05) is 31.1 Å². The van der Waals surface area contributed by atoms with Crippen molar-refractivity contribution < 1.29 is 4.52 Å². The second-order valence-electron chi connectivity index (χ2n) is 5.16. The number of hydrogen-bond donors (Lipinski definition) is 1. The van der Waals surface area contributed by atoms with Gasteiger partial charge in [0.05, 0.1) is 5.69 Å². The van der Waals surface area contributed by atoms with Gasteiger partial charge in [0.1, 0.15) is 0 Å². The first kappa shape index (κ1) is 11.1. The molecule has 0 bridgehead atoms. The van der Waals surface area contributed by atoms with Gasteiger partial charge in [-0.3, -0.25) is 0 Å². The van der Waals surface area contributed by atoms with Crippen LogP contribution in [-0.2, 0) is 0 Å². The summed E-state index contributed by atoms with van der Waals surface area (Å²) in [6, 6.07) is 2.17. The molecule has 1 aromatic heterocycles. The van der Waals surface area contributed by atoms with E-state index in [2.05, 4.69) is 21.4 Å². The predicted molar refractivity (Wildman–Crippen MR) is 67.4 cm³/mol. The second kappa shape index (κ2) is 5.08. The summed E-state index contributed by atoms with van der Waals surface area (Å²) < 4.78 is 5.51. The van der Waals surface area contributed by atoms with Crippen LogP contribution >= 0.6 is 0 Å². The summed E-state index contributed by atoms with van der Waals surface area (Å²) in [5, 5.41) is 7.63. The molecule has 3 rings (SSSR count). The van der Waals surface area contributed by atoms with Crippen molar-refractivity contribution in [2.45, 2.75) is 38.0 Å². The Hall–Kier alpha value is -1.03. The zero-order valence-corrected chi connectivity index (χ0v) is 10.3. The Kier molecular flexibility index (Phi) is 3.31. The van der Waals surface area contributed by atoms with Crippen LogP contribution in [0.1, 0.15) is 43.7 Å². The van der Waals surface area contributed by atoms with Crippen molar-refractivity contribution in [1.29, 1.82) is 0 Å². The Morgan fingerprint density at radius 3 is 2.71 bits per heavy atom. The summed E-state index contributed by atoms with van der Waals surface area (Å²) in [7, 11) is 0. The summed E-state index contributed by atoms with van der Waals surface area (Å²) in [6.07, 6.45) is 6.65. The zero-order chi connectivity index (χ0) is 11.5.